The summed E-state index contributed by atoms with van der Waals surface area (Å²) in [7, 11) is 0. The van der Waals surface area contributed by atoms with Crippen molar-refractivity contribution in [1.29, 1.82) is 0 Å². The number of nitrogens with one attached hydrogen (secondary N) is 2. The fraction of sp³-hybridized carbons (Fsp3) is 0.500. The molecule has 10 heteroatoms. The van der Waals surface area contributed by atoms with E-state index in [9.17, 15) is 18.0 Å². The lowest BCUT2D eigenvalue weighted by Crippen LogP contribution is -2.29. The van der Waals surface area contributed by atoms with E-state index in [0.717, 1.165) is 24.8 Å². The van der Waals surface area contributed by atoms with Crippen molar-refractivity contribution < 1.29 is 27.4 Å². The molecule has 0 bridgehead atoms. The molecule has 1 fully saturated rings. The lowest BCUT2D eigenvalue weighted by Gasteiger charge is -2.40. The molecule has 0 spiro atoms. The zero-order valence-electron chi connectivity index (χ0n) is 22.6. The van der Waals surface area contributed by atoms with Crippen LogP contribution in [-0.4, -0.2) is 27.6 Å². The van der Waals surface area contributed by atoms with Crippen molar-refractivity contribution in [2.24, 2.45) is 11.3 Å². The number of halogens is 3. The fourth-order valence-corrected chi connectivity index (χ4v) is 5.42. The molecular formula is C28H35F3N4O3. The molecule has 2 N–H and O–H groups in total. The van der Waals surface area contributed by atoms with E-state index in [4.69, 9.17) is 9.72 Å². The Balaban J connectivity index is 1.68. The molecule has 2 atom stereocenters. The summed E-state index contributed by atoms with van der Waals surface area (Å²) in [6, 6.07) is 11.3. The number of amides is 1. The summed E-state index contributed by atoms with van der Waals surface area (Å²) in [5.41, 5.74) is 2.21. The number of fused-ring (bicyclic) bond motifs is 1. The molecular weight excluding hydrogens is 497 g/mol. The van der Waals surface area contributed by atoms with Crippen molar-refractivity contribution >= 4 is 34.4 Å². The van der Waals surface area contributed by atoms with Gasteiger partial charge in [-0.25, -0.2) is 9.78 Å². The van der Waals surface area contributed by atoms with Crippen LogP contribution in [0.15, 0.2) is 42.5 Å². The van der Waals surface area contributed by atoms with E-state index in [1.807, 2.05) is 12.1 Å². The van der Waals surface area contributed by atoms with Gasteiger partial charge in [0.05, 0.1) is 11.0 Å². The summed E-state index contributed by atoms with van der Waals surface area (Å²) < 4.78 is 49.2. The molecule has 4 rings (SSSR count). The number of anilines is 3. The van der Waals surface area contributed by atoms with E-state index in [-0.39, 0.29) is 17.2 Å². The summed E-state index contributed by atoms with van der Waals surface area (Å²) >= 11 is 0. The van der Waals surface area contributed by atoms with Crippen molar-refractivity contribution in [3.8, 4) is 5.75 Å². The molecule has 1 heterocycles. The Kier molecular flexibility index (Phi) is 7.29. The normalized spacial score (nSPS) is 19.7. The topological polar surface area (TPSA) is 77.4 Å². The smallest absolute Gasteiger partial charge is 0.444 e. The number of rotatable bonds is 5. The van der Waals surface area contributed by atoms with Crippen LogP contribution in [0.1, 0.15) is 66.8 Å². The Hall–Kier alpha value is -3.43. The molecule has 0 aliphatic heterocycles. The number of carbonyl (C=O) groups excluding carboxylic acids is 1. The van der Waals surface area contributed by atoms with Gasteiger partial charge in [-0.2, -0.15) is 0 Å². The van der Waals surface area contributed by atoms with Gasteiger partial charge in [0.25, 0.3) is 0 Å². The van der Waals surface area contributed by atoms with E-state index < -0.39 is 18.1 Å². The largest absolute Gasteiger partial charge is 0.573 e. The van der Waals surface area contributed by atoms with Crippen LogP contribution in [0.2, 0.25) is 0 Å². The van der Waals surface area contributed by atoms with Crippen LogP contribution in [0.3, 0.4) is 0 Å². The van der Waals surface area contributed by atoms with Gasteiger partial charge in [0.1, 0.15) is 11.4 Å². The van der Waals surface area contributed by atoms with Gasteiger partial charge in [0.15, 0.2) is 0 Å². The summed E-state index contributed by atoms with van der Waals surface area (Å²) in [5, 5.41) is 6.04. The Labute approximate surface area is 220 Å². The minimum Gasteiger partial charge on any atom is -0.444 e. The monoisotopic (exact) mass is 532 g/mol. The predicted octanol–water partition coefficient (Wildman–Crippen LogP) is 8.41. The predicted molar refractivity (Wildman–Crippen MR) is 142 cm³/mol. The van der Waals surface area contributed by atoms with Crippen LogP contribution in [0.25, 0.3) is 11.0 Å². The summed E-state index contributed by atoms with van der Waals surface area (Å²) in [6.45, 7) is 12.2. The van der Waals surface area contributed by atoms with Gasteiger partial charge in [0.2, 0.25) is 5.95 Å². The quantitative estimate of drug-likeness (QED) is 0.345. The second-order valence-corrected chi connectivity index (χ2v) is 11.9. The van der Waals surface area contributed by atoms with Crippen molar-refractivity contribution in [1.82, 2.24) is 9.55 Å². The Morgan fingerprint density at radius 1 is 1.05 bits per heavy atom. The van der Waals surface area contributed by atoms with Crippen LogP contribution >= 0.6 is 0 Å². The van der Waals surface area contributed by atoms with Crippen molar-refractivity contribution in [2.45, 2.75) is 78.8 Å². The van der Waals surface area contributed by atoms with Gasteiger partial charge in [-0.1, -0.05) is 20.8 Å². The van der Waals surface area contributed by atoms with E-state index >= 15 is 0 Å². The molecule has 1 aliphatic carbocycles. The SMILES string of the molecule is CC1CC(n2c(Nc3ccc(OC(F)(F)F)cc3)nc3cc(NC(=O)OC(C)(C)C)ccc32)CC(C)(C)C1. The highest BCUT2D eigenvalue weighted by Gasteiger charge is 2.35. The number of ether oxygens (including phenoxy) is 2. The van der Waals surface area contributed by atoms with E-state index in [1.165, 1.54) is 24.3 Å². The number of aromatic nitrogens is 2. The summed E-state index contributed by atoms with van der Waals surface area (Å²) in [5.74, 6) is 0.798. The third-order valence-corrected chi connectivity index (χ3v) is 6.41. The standard InChI is InChI=1S/C28H35F3N4O3/c1-17-13-20(16-27(5,6)15-17)35-23-12-9-19(33-25(36)38-26(2,3)4)14-22(23)34-24(35)32-18-7-10-21(11-8-18)37-28(29,30)31/h7-12,14,17,20H,13,15-16H2,1-6H3,(H,32,34)(H,33,36). The molecule has 3 aromatic rings. The van der Waals surface area contributed by atoms with Gasteiger partial charge in [0, 0.05) is 17.4 Å². The van der Waals surface area contributed by atoms with Gasteiger partial charge in [-0.3, -0.25) is 5.32 Å². The van der Waals surface area contributed by atoms with Gasteiger partial charge >= 0.3 is 12.5 Å². The first-order chi connectivity index (χ1) is 17.6. The average Bonchev–Trinajstić information content (AvgIpc) is 3.08. The van der Waals surface area contributed by atoms with Gasteiger partial charge in [-0.05, 0) is 93.8 Å². The molecule has 206 valence electrons. The number of imidazole rings is 1. The highest BCUT2D eigenvalue weighted by atomic mass is 19.4. The number of nitrogens with zero attached hydrogens (tertiary/aromatic N) is 2. The highest BCUT2D eigenvalue weighted by Crippen LogP contribution is 2.46. The number of carbonyl (C=O) groups is 1. The average molecular weight is 533 g/mol. The molecule has 1 amide bonds. The Morgan fingerprint density at radius 3 is 2.32 bits per heavy atom. The molecule has 1 aromatic heterocycles. The van der Waals surface area contributed by atoms with Crippen LogP contribution in [-0.2, 0) is 4.74 Å². The minimum atomic E-state index is -4.75. The molecule has 0 radical (unpaired) electrons. The zero-order chi connectivity index (χ0) is 27.9. The first-order valence-electron chi connectivity index (χ1n) is 12.7. The molecule has 2 aromatic carbocycles. The van der Waals surface area contributed by atoms with E-state index in [2.05, 4.69) is 40.7 Å². The number of alkyl halides is 3. The van der Waals surface area contributed by atoms with E-state index in [0.29, 0.717) is 28.8 Å². The second kappa shape index (κ2) is 10.0. The van der Waals surface area contributed by atoms with Gasteiger partial charge in [-0.15, -0.1) is 13.2 Å². The Bertz CT molecular complexity index is 1290. The molecule has 0 saturated heterocycles. The third-order valence-electron chi connectivity index (χ3n) is 6.41. The van der Waals surface area contributed by atoms with Crippen LogP contribution in [0.4, 0.5) is 35.3 Å². The van der Waals surface area contributed by atoms with Crippen LogP contribution < -0.4 is 15.4 Å². The number of hydrogen-bond acceptors (Lipinski definition) is 5. The minimum absolute atomic E-state index is 0.144. The maximum atomic E-state index is 12.6. The molecule has 7 nitrogen and oxygen atoms in total. The lowest BCUT2D eigenvalue weighted by molar-refractivity contribution is -0.274. The maximum absolute atomic E-state index is 12.6. The van der Waals surface area contributed by atoms with Crippen molar-refractivity contribution in [3.05, 3.63) is 42.5 Å². The highest BCUT2D eigenvalue weighted by molar-refractivity contribution is 5.90. The maximum Gasteiger partial charge on any atom is 0.573 e. The summed E-state index contributed by atoms with van der Waals surface area (Å²) in [4.78, 5) is 17.1. The first kappa shape index (κ1) is 27.6. The van der Waals surface area contributed by atoms with Crippen molar-refractivity contribution in [2.75, 3.05) is 10.6 Å². The molecule has 2 unspecified atom stereocenters. The number of benzene rings is 2. The second-order valence-electron chi connectivity index (χ2n) is 11.9. The third kappa shape index (κ3) is 7.11. The van der Waals surface area contributed by atoms with E-state index in [1.54, 1.807) is 26.8 Å². The molecule has 1 saturated carbocycles. The first-order valence-corrected chi connectivity index (χ1v) is 12.7. The van der Waals surface area contributed by atoms with Crippen LogP contribution in [0.5, 0.6) is 5.75 Å². The summed E-state index contributed by atoms with van der Waals surface area (Å²) in [6.07, 6.45) is -2.26. The number of hydrogen-bond donors (Lipinski definition) is 2. The zero-order valence-corrected chi connectivity index (χ0v) is 22.6. The van der Waals surface area contributed by atoms with Crippen LogP contribution in [0, 0.1) is 11.3 Å². The molecule has 1 aliphatic rings. The Morgan fingerprint density at radius 2 is 1.71 bits per heavy atom. The van der Waals surface area contributed by atoms with Crippen molar-refractivity contribution in [3.63, 3.8) is 0 Å². The van der Waals surface area contributed by atoms with Gasteiger partial charge < -0.3 is 19.4 Å². The fourth-order valence-electron chi connectivity index (χ4n) is 5.42. The lowest BCUT2D eigenvalue weighted by atomic mass is 9.70. The molecule has 38 heavy (non-hydrogen) atoms.